The highest BCUT2D eigenvalue weighted by atomic mass is 79.9. The maximum atomic E-state index is 12.8. The van der Waals surface area contributed by atoms with Crippen LogP contribution in [-0.2, 0) is 5.41 Å². The fourth-order valence-electron chi connectivity index (χ4n) is 0.604. The van der Waals surface area contributed by atoms with E-state index in [0.29, 0.717) is 4.60 Å². The van der Waals surface area contributed by atoms with Crippen LogP contribution >= 0.6 is 27.3 Å². The number of thiazole rings is 1. The van der Waals surface area contributed by atoms with Crippen molar-refractivity contribution in [3.63, 3.8) is 0 Å². The van der Waals surface area contributed by atoms with Gasteiger partial charge >= 0.3 is 0 Å². The van der Waals surface area contributed by atoms with E-state index in [4.69, 9.17) is 0 Å². The van der Waals surface area contributed by atoms with E-state index in [1.54, 1.807) is 0 Å². The van der Waals surface area contributed by atoms with Gasteiger partial charge in [-0.25, -0.2) is 4.98 Å². The molecule has 1 heterocycles. The minimum Gasteiger partial charge on any atom is -0.230 e. The van der Waals surface area contributed by atoms with Gasteiger partial charge in [0.2, 0.25) is 5.13 Å². The van der Waals surface area contributed by atoms with Crippen LogP contribution in [0.15, 0.2) is 4.60 Å². The van der Waals surface area contributed by atoms with Gasteiger partial charge in [-0.3, -0.25) is 0 Å². The first-order chi connectivity index (χ1) is 4.91. The molecular formula is C7H9BrFNS. The van der Waals surface area contributed by atoms with Crippen LogP contribution in [0.2, 0.25) is 0 Å². The lowest BCUT2D eigenvalue weighted by Crippen LogP contribution is -2.09. The Morgan fingerprint density at radius 3 is 2.18 bits per heavy atom. The predicted molar refractivity (Wildman–Crippen MR) is 48.5 cm³/mol. The van der Waals surface area contributed by atoms with Crippen LogP contribution in [0.25, 0.3) is 0 Å². The average Bonchev–Trinajstić information content (AvgIpc) is 2.11. The lowest BCUT2D eigenvalue weighted by atomic mass is 9.98. The molecule has 1 aromatic heterocycles. The van der Waals surface area contributed by atoms with E-state index >= 15 is 0 Å². The molecule has 0 N–H and O–H groups in total. The van der Waals surface area contributed by atoms with Crippen molar-refractivity contribution in [2.75, 3.05) is 0 Å². The van der Waals surface area contributed by atoms with E-state index in [-0.39, 0.29) is 10.5 Å². The summed E-state index contributed by atoms with van der Waals surface area (Å²) in [5, 5.41) is 0.580. The molecule has 0 radical (unpaired) electrons. The molecule has 11 heavy (non-hydrogen) atoms. The van der Waals surface area contributed by atoms with Gasteiger partial charge in [-0.05, 0) is 15.9 Å². The highest BCUT2D eigenvalue weighted by molar-refractivity contribution is 9.10. The topological polar surface area (TPSA) is 12.9 Å². The quantitative estimate of drug-likeness (QED) is 0.675. The Hall–Kier alpha value is 0.0400. The van der Waals surface area contributed by atoms with Gasteiger partial charge in [0, 0.05) is 5.41 Å². The number of hydrogen-bond donors (Lipinski definition) is 0. The number of nitrogens with zero attached hydrogens (tertiary/aromatic N) is 1. The summed E-state index contributed by atoms with van der Waals surface area (Å²) in [6.45, 7) is 6.03. The molecule has 0 aliphatic heterocycles. The van der Waals surface area contributed by atoms with Crippen LogP contribution in [0.1, 0.15) is 25.8 Å². The van der Waals surface area contributed by atoms with Crippen molar-refractivity contribution < 1.29 is 4.39 Å². The third-order valence-electron chi connectivity index (χ3n) is 1.19. The van der Waals surface area contributed by atoms with Crippen LogP contribution in [0.5, 0.6) is 0 Å². The van der Waals surface area contributed by atoms with Crippen LogP contribution in [-0.4, -0.2) is 4.98 Å². The molecule has 1 nitrogen and oxygen atoms in total. The predicted octanol–water partition coefficient (Wildman–Crippen LogP) is 3.34. The molecule has 0 fully saturated rings. The van der Waals surface area contributed by atoms with E-state index in [0.717, 1.165) is 16.3 Å². The Balaban J connectivity index is 3.08. The van der Waals surface area contributed by atoms with Crippen molar-refractivity contribution >= 4 is 27.3 Å². The zero-order valence-corrected chi connectivity index (χ0v) is 9.01. The molecule has 0 saturated heterocycles. The maximum Gasteiger partial charge on any atom is 0.210 e. The first-order valence-corrected chi connectivity index (χ1v) is 4.84. The van der Waals surface area contributed by atoms with Gasteiger partial charge < -0.3 is 0 Å². The minimum absolute atomic E-state index is 0.0580. The summed E-state index contributed by atoms with van der Waals surface area (Å²) in [6.07, 6.45) is 0. The van der Waals surface area contributed by atoms with Gasteiger partial charge in [-0.15, -0.1) is 0 Å². The Kier molecular flexibility index (Phi) is 2.35. The van der Waals surface area contributed by atoms with Crippen molar-refractivity contribution in [1.82, 2.24) is 4.98 Å². The second kappa shape index (κ2) is 2.83. The molecule has 0 bridgehead atoms. The summed E-state index contributed by atoms with van der Waals surface area (Å²) < 4.78 is 13.1. The zero-order valence-electron chi connectivity index (χ0n) is 6.61. The molecular weight excluding hydrogens is 229 g/mol. The number of rotatable bonds is 0. The van der Waals surface area contributed by atoms with Crippen LogP contribution in [0, 0.1) is 5.13 Å². The molecule has 0 atom stereocenters. The van der Waals surface area contributed by atoms with E-state index in [1.807, 2.05) is 20.8 Å². The maximum absolute atomic E-state index is 12.8. The van der Waals surface area contributed by atoms with Gasteiger partial charge in [0.25, 0.3) is 0 Å². The summed E-state index contributed by atoms with van der Waals surface area (Å²) in [6, 6.07) is 0. The van der Waals surface area contributed by atoms with Gasteiger partial charge in [0.05, 0.1) is 0 Å². The fourth-order valence-corrected chi connectivity index (χ4v) is 1.88. The minimum atomic E-state index is -0.241. The summed E-state index contributed by atoms with van der Waals surface area (Å²) in [5.41, 5.74) is -0.0580. The standard InChI is InChI=1S/C7H9BrFNS/c1-7(2,3)6-10-4(8)5(9)11-6/h1-3H3. The smallest absolute Gasteiger partial charge is 0.210 e. The number of aromatic nitrogens is 1. The average molecular weight is 238 g/mol. The summed E-state index contributed by atoms with van der Waals surface area (Å²) >= 11 is 4.13. The van der Waals surface area contributed by atoms with Crippen LogP contribution in [0.3, 0.4) is 0 Å². The summed E-state index contributed by atoms with van der Waals surface area (Å²) in [7, 11) is 0. The molecule has 4 heteroatoms. The normalized spacial score (nSPS) is 12.1. The third kappa shape index (κ3) is 1.99. The van der Waals surface area contributed by atoms with Crippen LogP contribution < -0.4 is 0 Å². The number of halogens is 2. The SMILES string of the molecule is CC(C)(C)c1nc(Br)c(F)s1. The van der Waals surface area contributed by atoms with E-state index in [9.17, 15) is 4.39 Å². The Labute approximate surface area is 77.8 Å². The van der Waals surface area contributed by atoms with Gasteiger partial charge in [0.1, 0.15) is 5.01 Å². The fraction of sp³-hybridized carbons (Fsp3) is 0.571. The molecule has 1 rings (SSSR count). The first-order valence-electron chi connectivity index (χ1n) is 3.23. The van der Waals surface area contributed by atoms with E-state index < -0.39 is 0 Å². The van der Waals surface area contributed by atoms with Gasteiger partial charge in [-0.1, -0.05) is 32.1 Å². The lowest BCUT2D eigenvalue weighted by molar-refractivity contribution is 0.584. The van der Waals surface area contributed by atoms with Crippen LogP contribution in [0.4, 0.5) is 4.39 Å². The van der Waals surface area contributed by atoms with Crippen molar-refractivity contribution in [1.29, 1.82) is 0 Å². The molecule has 0 amide bonds. The Bertz CT molecular complexity index is 244. The number of hydrogen-bond acceptors (Lipinski definition) is 2. The molecule has 0 unspecified atom stereocenters. The molecule has 0 aromatic carbocycles. The molecule has 1 aromatic rings. The van der Waals surface area contributed by atoms with Crippen molar-refractivity contribution in [2.24, 2.45) is 0 Å². The van der Waals surface area contributed by atoms with Crippen molar-refractivity contribution in [3.8, 4) is 0 Å². The van der Waals surface area contributed by atoms with E-state index in [2.05, 4.69) is 20.9 Å². The van der Waals surface area contributed by atoms with Crippen molar-refractivity contribution in [3.05, 3.63) is 14.7 Å². The highest BCUT2D eigenvalue weighted by Crippen LogP contribution is 2.30. The van der Waals surface area contributed by atoms with E-state index in [1.165, 1.54) is 0 Å². The largest absolute Gasteiger partial charge is 0.230 e. The van der Waals surface area contributed by atoms with Crippen molar-refractivity contribution in [2.45, 2.75) is 26.2 Å². The lowest BCUT2D eigenvalue weighted by Gasteiger charge is -2.12. The second-order valence-corrected chi connectivity index (χ2v) is 5.03. The van der Waals surface area contributed by atoms with Gasteiger partial charge in [0.15, 0.2) is 4.60 Å². The second-order valence-electron chi connectivity index (χ2n) is 3.33. The third-order valence-corrected chi connectivity index (χ3v) is 3.25. The monoisotopic (exact) mass is 237 g/mol. The van der Waals surface area contributed by atoms with Gasteiger partial charge in [-0.2, -0.15) is 4.39 Å². The Morgan fingerprint density at radius 1 is 1.45 bits per heavy atom. The zero-order chi connectivity index (χ0) is 8.65. The molecule has 0 spiro atoms. The first kappa shape index (κ1) is 9.13. The highest BCUT2D eigenvalue weighted by Gasteiger charge is 2.20. The molecule has 0 aliphatic carbocycles. The summed E-state index contributed by atoms with van der Waals surface area (Å²) in [4.78, 5) is 4.04. The Morgan fingerprint density at radius 2 is 2.00 bits per heavy atom. The molecule has 0 saturated carbocycles. The molecule has 0 aliphatic rings. The molecule has 62 valence electrons. The summed E-state index contributed by atoms with van der Waals surface area (Å²) in [5.74, 6) is 0.